The summed E-state index contributed by atoms with van der Waals surface area (Å²) in [5, 5.41) is 6.77. The van der Waals surface area contributed by atoms with Crippen LogP contribution >= 0.6 is 0 Å². The van der Waals surface area contributed by atoms with Gasteiger partial charge < -0.3 is 23.7 Å². The highest BCUT2D eigenvalue weighted by Crippen LogP contribution is 2.34. The van der Waals surface area contributed by atoms with Crippen LogP contribution in [0.5, 0.6) is 11.6 Å². The van der Waals surface area contributed by atoms with E-state index >= 15 is 0 Å². The second kappa shape index (κ2) is 9.54. The van der Waals surface area contributed by atoms with Crippen LogP contribution in [0.4, 0.5) is 19.0 Å². The number of methoxy groups -OCH3 is 1. The minimum atomic E-state index is -4.64. The first-order valence-electron chi connectivity index (χ1n) is 9.20. The SMILES string of the molecule is CON=C(C(=O)OC)c1c(Oc2cccc(-c3cc(C(F)(F)F)no3)c2)ncnc1N(C)C. The van der Waals surface area contributed by atoms with E-state index in [9.17, 15) is 18.0 Å². The van der Waals surface area contributed by atoms with Crippen molar-refractivity contribution in [1.82, 2.24) is 15.1 Å². The summed E-state index contributed by atoms with van der Waals surface area (Å²) in [5.74, 6) is -0.540. The molecule has 0 saturated heterocycles. The largest absolute Gasteiger partial charge is 0.464 e. The fraction of sp³-hybridized carbons (Fsp3) is 0.250. The number of oxime groups is 1. The number of aromatic nitrogens is 3. The average molecular weight is 465 g/mol. The van der Waals surface area contributed by atoms with Crippen LogP contribution in [-0.2, 0) is 20.5 Å². The summed E-state index contributed by atoms with van der Waals surface area (Å²) in [6.07, 6.45) is -3.43. The zero-order valence-electron chi connectivity index (χ0n) is 17.9. The smallest absolute Gasteiger partial charge is 0.436 e. The molecule has 3 rings (SSSR count). The number of ether oxygens (including phenoxy) is 2. The second-order valence-corrected chi connectivity index (χ2v) is 6.59. The standard InChI is InChI=1S/C20H18F3N5O5/c1-28(2)17-15(16(27-31-4)19(29)30-3)18(25-10-24-17)32-12-7-5-6-11(8-12)13-9-14(26-33-13)20(21,22)23/h5-10H,1-4H3. The molecule has 0 aliphatic carbocycles. The molecule has 0 N–H and O–H groups in total. The molecule has 0 aliphatic heterocycles. The van der Waals surface area contributed by atoms with E-state index in [1.807, 2.05) is 0 Å². The van der Waals surface area contributed by atoms with Gasteiger partial charge in [0.1, 0.15) is 30.6 Å². The van der Waals surface area contributed by atoms with Crippen LogP contribution in [0.2, 0.25) is 0 Å². The van der Waals surface area contributed by atoms with Crippen LogP contribution in [0.3, 0.4) is 0 Å². The summed E-state index contributed by atoms with van der Waals surface area (Å²) in [6, 6.07) is 6.80. The maximum atomic E-state index is 12.8. The third-order valence-corrected chi connectivity index (χ3v) is 4.15. The molecule has 3 aromatic rings. The van der Waals surface area contributed by atoms with Crippen molar-refractivity contribution < 1.29 is 36.8 Å². The van der Waals surface area contributed by atoms with Crippen molar-refractivity contribution in [3.8, 4) is 23.0 Å². The minimum Gasteiger partial charge on any atom is -0.464 e. The van der Waals surface area contributed by atoms with Gasteiger partial charge in [-0.15, -0.1) is 0 Å². The Morgan fingerprint density at radius 3 is 2.52 bits per heavy atom. The predicted molar refractivity (Wildman–Crippen MR) is 109 cm³/mol. The molecule has 2 heterocycles. The maximum absolute atomic E-state index is 12.8. The number of halogens is 3. The molecule has 0 atom stereocenters. The van der Waals surface area contributed by atoms with Gasteiger partial charge in [0.15, 0.2) is 11.5 Å². The number of carbonyl (C=O) groups excluding carboxylic acids is 1. The molecule has 0 radical (unpaired) electrons. The molecule has 0 spiro atoms. The van der Waals surface area contributed by atoms with Crippen LogP contribution in [0.15, 0.2) is 46.3 Å². The van der Waals surface area contributed by atoms with Gasteiger partial charge in [-0.2, -0.15) is 13.2 Å². The van der Waals surface area contributed by atoms with Gasteiger partial charge in [-0.25, -0.2) is 14.8 Å². The Labute approximate surface area is 185 Å². The first-order chi connectivity index (χ1) is 15.7. The number of anilines is 1. The Bertz CT molecular complexity index is 1180. The van der Waals surface area contributed by atoms with Gasteiger partial charge in [0.2, 0.25) is 11.6 Å². The maximum Gasteiger partial charge on any atom is 0.436 e. The lowest BCUT2D eigenvalue weighted by atomic mass is 10.1. The zero-order chi connectivity index (χ0) is 24.2. The Morgan fingerprint density at radius 1 is 1.15 bits per heavy atom. The molecule has 0 unspecified atom stereocenters. The quantitative estimate of drug-likeness (QED) is 0.294. The van der Waals surface area contributed by atoms with E-state index in [1.54, 1.807) is 25.1 Å². The third-order valence-electron chi connectivity index (χ3n) is 4.15. The lowest BCUT2D eigenvalue weighted by Crippen LogP contribution is -2.24. The Hall–Kier alpha value is -4.16. The number of benzene rings is 1. The summed E-state index contributed by atoms with van der Waals surface area (Å²) < 4.78 is 54.0. The van der Waals surface area contributed by atoms with Gasteiger partial charge in [-0.1, -0.05) is 22.4 Å². The molecule has 0 amide bonds. The highest BCUT2D eigenvalue weighted by molar-refractivity contribution is 6.44. The summed E-state index contributed by atoms with van der Waals surface area (Å²) in [4.78, 5) is 26.9. The second-order valence-electron chi connectivity index (χ2n) is 6.59. The topological polar surface area (TPSA) is 112 Å². The summed E-state index contributed by atoms with van der Waals surface area (Å²) in [7, 11) is 5.78. The number of nitrogens with zero attached hydrogens (tertiary/aromatic N) is 5. The summed E-state index contributed by atoms with van der Waals surface area (Å²) >= 11 is 0. The Balaban J connectivity index is 2.05. The van der Waals surface area contributed by atoms with Gasteiger partial charge in [-0.3, -0.25) is 0 Å². The average Bonchev–Trinajstić information content (AvgIpc) is 3.28. The molecule has 10 nitrogen and oxygen atoms in total. The number of rotatable bonds is 7. The molecule has 33 heavy (non-hydrogen) atoms. The molecular formula is C20H18F3N5O5. The van der Waals surface area contributed by atoms with Gasteiger partial charge in [-0.05, 0) is 12.1 Å². The first kappa shape index (κ1) is 23.5. The molecule has 2 aromatic heterocycles. The van der Waals surface area contributed by atoms with Crippen LogP contribution in [0.1, 0.15) is 11.3 Å². The Morgan fingerprint density at radius 2 is 1.91 bits per heavy atom. The lowest BCUT2D eigenvalue weighted by Gasteiger charge is -2.18. The summed E-state index contributed by atoms with van der Waals surface area (Å²) in [6.45, 7) is 0. The predicted octanol–water partition coefficient (Wildman–Crippen LogP) is 3.53. The molecule has 0 fully saturated rings. The van der Waals surface area contributed by atoms with Crippen molar-refractivity contribution in [2.75, 3.05) is 33.2 Å². The van der Waals surface area contributed by atoms with Crippen LogP contribution in [0, 0.1) is 0 Å². The molecular weight excluding hydrogens is 447 g/mol. The molecule has 1 aromatic carbocycles. The van der Waals surface area contributed by atoms with E-state index in [1.165, 1.54) is 38.7 Å². The van der Waals surface area contributed by atoms with Crippen LogP contribution in [-0.4, -0.2) is 55.1 Å². The van der Waals surface area contributed by atoms with Crippen molar-refractivity contribution in [2.45, 2.75) is 6.18 Å². The number of hydrogen-bond acceptors (Lipinski definition) is 10. The van der Waals surface area contributed by atoms with Gasteiger partial charge >= 0.3 is 12.1 Å². The normalized spacial score (nSPS) is 11.8. The van der Waals surface area contributed by atoms with Crippen molar-refractivity contribution in [1.29, 1.82) is 0 Å². The fourth-order valence-electron chi connectivity index (χ4n) is 2.73. The van der Waals surface area contributed by atoms with Gasteiger partial charge in [0.25, 0.3) is 0 Å². The number of hydrogen-bond donors (Lipinski definition) is 0. The molecule has 0 bridgehead atoms. The van der Waals surface area contributed by atoms with Crippen molar-refractivity contribution in [3.05, 3.63) is 47.9 Å². The first-order valence-corrected chi connectivity index (χ1v) is 9.20. The number of alkyl halides is 3. The van der Waals surface area contributed by atoms with E-state index < -0.39 is 17.8 Å². The fourth-order valence-corrected chi connectivity index (χ4v) is 2.73. The van der Waals surface area contributed by atoms with E-state index in [2.05, 4.69) is 20.3 Å². The molecule has 0 aliphatic rings. The van der Waals surface area contributed by atoms with Crippen molar-refractivity contribution in [3.63, 3.8) is 0 Å². The lowest BCUT2D eigenvalue weighted by molar-refractivity contribution is -0.142. The molecule has 174 valence electrons. The zero-order valence-corrected chi connectivity index (χ0v) is 17.9. The van der Waals surface area contributed by atoms with E-state index in [-0.39, 0.29) is 40.0 Å². The van der Waals surface area contributed by atoms with Gasteiger partial charge in [0.05, 0.1) is 7.11 Å². The molecule has 13 heteroatoms. The highest BCUT2D eigenvalue weighted by atomic mass is 19.4. The van der Waals surface area contributed by atoms with Crippen LogP contribution in [0.25, 0.3) is 11.3 Å². The number of carbonyl (C=O) groups is 1. The van der Waals surface area contributed by atoms with Gasteiger partial charge in [0, 0.05) is 25.7 Å². The van der Waals surface area contributed by atoms with Crippen molar-refractivity contribution in [2.24, 2.45) is 5.16 Å². The van der Waals surface area contributed by atoms with E-state index in [0.717, 1.165) is 6.07 Å². The molecule has 0 saturated carbocycles. The highest BCUT2D eigenvalue weighted by Gasteiger charge is 2.35. The van der Waals surface area contributed by atoms with Crippen molar-refractivity contribution >= 4 is 17.5 Å². The summed E-state index contributed by atoms with van der Waals surface area (Å²) in [5.41, 5.74) is -1.05. The number of esters is 1. The monoisotopic (exact) mass is 465 g/mol. The minimum absolute atomic E-state index is 0.0689. The van der Waals surface area contributed by atoms with Crippen LogP contribution < -0.4 is 9.64 Å². The van der Waals surface area contributed by atoms with E-state index in [4.69, 9.17) is 18.8 Å². The Kier molecular flexibility index (Phi) is 6.80. The van der Waals surface area contributed by atoms with E-state index in [0.29, 0.717) is 0 Å². The third kappa shape index (κ3) is 5.19.